The summed E-state index contributed by atoms with van der Waals surface area (Å²) in [6, 6.07) is 14.6. The first-order valence-electron chi connectivity index (χ1n) is 11.8. The van der Waals surface area contributed by atoms with Crippen LogP contribution in [0.2, 0.25) is 0 Å². The second kappa shape index (κ2) is 8.51. The number of nitrogens with zero attached hydrogens (tertiary/aromatic N) is 5. The molecule has 4 heterocycles. The molecule has 1 saturated heterocycles. The van der Waals surface area contributed by atoms with Crippen LogP contribution in [-0.2, 0) is 6.54 Å². The van der Waals surface area contributed by atoms with Gasteiger partial charge in [0.05, 0.1) is 11.4 Å². The molecule has 0 spiro atoms. The summed E-state index contributed by atoms with van der Waals surface area (Å²) in [5.74, 6) is 0.168. The molecule has 0 bridgehead atoms. The molecule has 9 heteroatoms. The van der Waals surface area contributed by atoms with Crippen molar-refractivity contribution in [3.63, 3.8) is 0 Å². The Bertz CT molecular complexity index is 1440. The molecular weight excluding hydrogens is 464 g/mol. The number of benzene rings is 2. The van der Waals surface area contributed by atoms with Crippen LogP contribution in [0.25, 0.3) is 28.3 Å². The van der Waals surface area contributed by atoms with Crippen LogP contribution in [0.4, 0.5) is 19.3 Å². The van der Waals surface area contributed by atoms with Gasteiger partial charge in [-0.1, -0.05) is 12.1 Å². The molecule has 2 aromatic heterocycles. The van der Waals surface area contributed by atoms with Gasteiger partial charge in [-0.25, -0.2) is 18.6 Å². The van der Waals surface area contributed by atoms with Gasteiger partial charge in [0.1, 0.15) is 12.0 Å². The number of aromatic nitrogens is 3. The molecule has 7 nitrogen and oxygen atoms in total. The molecule has 2 aromatic carbocycles. The van der Waals surface area contributed by atoms with Gasteiger partial charge in [0.15, 0.2) is 5.82 Å². The number of fused-ring (bicyclic) bond motifs is 5. The molecule has 4 aromatic rings. The van der Waals surface area contributed by atoms with Crippen molar-refractivity contribution in [3.8, 4) is 28.3 Å². The van der Waals surface area contributed by atoms with Crippen LogP contribution in [-0.4, -0.2) is 63.1 Å². The predicted octanol–water partition coefficient (Wildman–Crippen LogP) is 4.89. The summed E-state index contributed by atoms with van der Waals surface area (Å²) in [5.41, 5.74) is 5.84. The van der Waals surface area contributed by atoms with Gasteiger partial charge >= 0.3 is 6.09 Å². The first-order valence-corrected chi connectivity index (χ1v) is 11.8. The second-order valence-electron chi connectivity index (χ2n) is 9.53. The summed E-state index contributed by atoms with van der Waals surface area (Å²) in [6.07, 6.45) is 3.60. The lowest BCUT2D eigenvalue weighted by atomic mass is 10.1. The first-order chi connectivity index (χ1) is 17.4. The van der Waals surface area contributed by atoms with Gasteiger partial charge in [-0.2, -0.15) is 0 Å². The van der Waals surface area contributed by atoms with Crippen LogP contribution in [0.1, 0.15) is 5.56 Å². The third kappa shape index (κ3) is 3.80. The van der Waals surface area contributed by atoms with Crippen molar-refractivity contribution in [2.45, 2.75) is 12.7 Å². The van der Waals surface area contributed by atoms with Crippen LogP contribution in [0.5, 0.6) is 0 Å². The molecule has 6 rings (SSSR count). The molecule has 36 heavy (non-hydrogen) atoms. The molecule has 184 valence electrons. The number of carboxylic acid groups (broad SMARTS) is 1. The van der Waals surface area contributed by atoms with E-state index in [4.69, 9.17) is 5.11 Å². The number of hydrogen-bond acceptors (Lipinski definition) is 3. The summed E-state index contributed by atoms with van der Waals surface area (Å²) in [7, 11) is 1.47. The summed E-state index contributed by atoms with van der Waals surface area (Å²) in [6.45, 7) is 1.45. The van der Waals surface area contributed by atoms with E-state index in [1.807, 2.05) is 23.2 Å². The van der Waals surface area contributed by atoms with E-state index < -0.39 is 12.3 Å². The third-order valence-electron chi connectivity index (χ3n) is 7.17. The monoisotopic (exact) mass is 489 g/mol. The average Bonchev–Trinajstić information content (AvgIpc) is 3.57. The van der Waals surface area contributed by atoms with Gasteiger partial charge in [0.2, 0.25) is 0 Å². The fourth-order valence-corrected chi connectivity index (χ4v) is 5.27. The summed E-state index contributed by atoms with van der Waals surface area (Å²) in [4.78, 5) is 18.9. The van der Waals surface area contributed by atoms with E-state index >= 15 is 0 Å². The molecule has 1 fully saturated rings. The third-order valence-corrected chi connectivity index (χ3v) is 7.17. The second-order valence-corrected chi connectivity index (χ2v) is 9.53. The normalized spacial score (nSPS) is 18.4. The van der Waals surface area contributed by atoms with Crippen molar-refractivity contribution >= 4 is 11.8 Å². The molecule has 1 N–H and O–H groups in total. The lowest BCUT2D eigenvalue weighted by Crippen LogP contribution is -2.34. The molecular formula is C27H25F2N5O2. The zero-order valence-corrected chi connectivity index (χ0v) is 19.7. The zero-order chi connectivity index (χ0) is 25.0. The molecule has 0 unspecified atom stereocenters. The fourth-order valence-electron chi connectivity index (χ4n) is 5.27. The highest BCUT2D eigenvalue weighted by Gasteiger charge is 2.35. The Morgan fingerprint density at radius 2 is 1.94 bits per heavy atom. The van der Waals surface area contributed by atoms with Crippen LogP contribution in [0.3, 0.4) is 0 Å². The summed E-state index contributed by atoms with van der Waals surface area (Å²) in [5, 5.41) is 9.16. The molecule has 0 saturated carbocycles. The number of alkyl halides is 1. The number of carbonyl (C=O) groups is 1. The molecule has 0 radical (unpaired) electrons. The number of anilines is 1. The van der Waals surface area contributed by atoms with Crippen LogP contribution >= 0.6 is 0 Å². The standard InChI is InChI=1S/C27H25F2N5O2/c1-31(27(35)36)12-20-15-32(16-23(20)29)22-6-7-24-19(10-22)14-33-13-18(17-2-4-21(28)5-3-17)11-25(33)26-30-8-9-34(24)26/h2-11,13,20,23H,12,14-16H2,1H3,(H,35,36)/t20-,23+/m0/s1. The van der Waals surface area contributed by atoms with E-state index in [0.29, 0.717) is 13.1 Å². The summed E-state index contributed by atoms with van der Waals surface area (Å²) >= 11 is 0. The quantitative estimate of drug-likeness (QED) is 0.390. The molecule has 1 amide bonds. The van der Waals surface area contributed by atoms with E-state index in [2.05, 4.69) is 32.4 Å². The Morgan fingerprint density at radius 1 is 1.14 bits per heavy atom. The number of amides is 1. The first kappa shape index (κ1) is 22.3. The maximum atomic E-state index is 14.8. The lowest BCUT2D eigenvalue weighted by molar-refractivity contribution is 0.141. The Balaban J connectivity index is 1.33. The Morgan fingerprint density at radius 3 is 2.72 bits per heavy atom. The highest BCUT2D eigenvalue weighted by atomic mass is 19.1. The Labute approximate surface area is 206 Å². The number of hydrogen-bond donors (Lipinski definition) is 1. The highest BCUT2D eigenvalue weighted by molar-refractivity contribution is 5.72. The van der Waals surface area contributed by atoms with Crippen LogP contribution in [0.15, 0.2) is 67.1 Å². The number of imidazole rings is 1. The zero-order valence-electron chi connectivity index (χ0n) is 19.7. The maximum Gasteiger partial charge on any atom is 0.407 e. The van der Waals surface area contributed by atoms with Crippen molar-refractivity contribution in [1.82, 2.24) is 19.0 Å². The SMILES string of the molecule is CN(C[C@H]1CN(c2ccc3c(c2)Cn2cc(-c4ccc(F)cc4)cc2-c2nccn2-3)C[C@H]1F)C(=O)O. The van der Waals surface area contributed by atoms with Crippen molar-refractivity contribution in [2.75, 3.05) is 31.6 Å². The average molecular weight is 490 g/mol. The van der Waals surface area contributed by atoms with E-state index in [-0.39, 0.29) is 24.8 Å². The van der Waals surface area contributed by atoms with Gasteiger partial charge in [-0.05, 0) is 47.5 Å². The molecule has 2 aliphatic rings. The van der Waals surface area contributed by atoms with Gasteiger partial charge < -0.3 is 19.5 Å². The van der Waals surface area contributed by atoms with Crippen molar-refractivity contribution in [2.24, 2.45) is 5.92 Å². The van der Waals surface area contributed by atoms with E-state index in [0.717, 1.165) is 44.5 Å². The van der Waals surface area contributed by atoms with Crippen LogP contribution in [0, 0.1) is 11.7 Å². The van der Waals surface area contributed by atoms with Gasteiger partial charge in [-0.3, -0.25) is 4.57 Å². The van der Waals surface area contributed by atoms with E-state index in [1.54, 1.807) is 18.3 Å². The topological polar surface area (TPSA) is 66.5 Å². The Kier molecular flexibility index (Phi) is 5.28. The lowest BCUT2D eigenvalue weighted by Gasteiger charge is -2.22. The Hall–Kier alpha value is -4.14. The highest BCUT2D eigenvalue weighted by Crippen LogP contribution is 2.36. The van der Waals surface area contributed by atoms with Crippen molar-refractivity contribution in [3.05, 3.63) is 78.5 Å². The minimum absolute atomic E-state index is 0.162. The van der Waals surface area contributed by atoms with Gasteiger partial charge in [0, 0.05) is 69.0 Å². The van der Waals surface area contributed by atoms with E-state index in [9.17, 15) is 13.6 Å². The summed E-state index contributed by atoms with van der Waals surface area (Å²) < 4.78 is 32.4. The van der Waals surface area contributed by atoms with Crippen molar-refractivity contribution in [1.29, 1.82) is 0 Å². The van der Waals surface area contributed by atoms with Crippen LogP contribution < -0.4 is 4.90 Å². The van der Waals surface area contributed by atoms with Crippen molar-refractivity contribution < 1.29 is 18.7 Å². The minimum atomic E-state index is -1.10. The smallest absolute Gasteiger partial charge is 0.407 e. The number of halogens is 2. The fraction of sp³-hybridized carbons (Fsp3) is 0.259. The minimum Gasteiger partial charge on any atom is -0.465 e. The largest absolute Gasteiger partial charge is 0.465 e. The van der Waals surface area contributed by atoms with Gasteiger partial charge in [0.25, 0.3) is 0 Å². The van der Waals surface area contributed by atoms with Gasteiger partial charge in [-0.15, -0.1) is 0 Å². The number of rotatable bonds is 4. The van der Waals surface area contributed by atoms with E-state index in [1.165, 1.54) is 19.2 Å². The molecule has 2 atom stereocenters. The maximum absolute atomic E-state index is 14.8. The molecule has 0 aliphatic carbocycles. The molecule has 2 aliphatic heterocycles. The predicted molar refractivity (Wildman–Crippen MR) is 133 cm³/mol.